The highest BCUT2D eigenvalue weighted by atomic mass is 35.7. The molecule has 0 spiro atoms. The van der Waals surface area contributed by atoms with Crippen LogP contribution >= 0.6 is 10.7 Å². The van der Waals surface area contributed by atoms with Crippen molar-refractivity contribution in [1.29, 1.82) is 0 Å². The summed E-state index contributed by atoms with van der Waals surface area (Å²) in [4.78, 5) is 0. The molecule has 0 aliphatic rings. The van der Waals surface area contributed by atoms with Crippen LogP contribution in [0.3, 0.4) is 0 Å². The molecule has 0 atom stereocenters. The lowest BCUT2D eigenvalue weighted by Gasteiger charge is -1.88. The Labute approximate surface area is 75.9 Å². The van der Waals surface area contributed by atoms with E-state index in [1.807, 2.05) is 18.2 Å². The Morgan fingerprint density at radius 2 is 1.75 bits per heavy atom. The van der Waals surface area contributed by atoms with E-state index in [2.05, 4.69) is 0 Å². The highest BCUT2D eigenvalue weighted by molar-refractivity contribution is 8.16. The number of rotatable bonds is 2. The fourth-order valence-corrected chi connectivity index (χ4v) is 1.20. The van der Waals surface area contributed by atoms with Gasteiger partial charge in [-0.3, -0.25) is 0 Å². The van der Waals surface area contributed by atoms with E-state index in [-0.39, 0.29) is 0 Å². The average molecular weight is 203 g/mol. The molecule has 1 aromatic rings. The van der Waals surface area contributed by atoms with Gasteiger partial charge in [-0.2, -0.15) is 0 Å². The van der Waals surface area contributed by atoms with Crippen molar-refractivity contribution < 1.29 is 8.42 Å². The van der Waals surface area contributed by atoms with E-state index in [1.165, 1.54) is 6.08 Å². The largest absolute Gasteiger partial charge is 0.254 e. The minimum absolute atomic E-state index is 0.807. The fraction of sp³-hybridized carbons (Fsp3) is 0. The van der Waals surface area contributed by atoms with E-state index in [4.69, 9.17) is 10.7 Å². The zero-order valence-electron chi connectivity index (χ0n) is 6.14. The van der Waals surface area contributed by atoms with Crippen LogP contribution in [-0.4, -0.2) is 8.42 Å². The Morgan fingerprint density at radius 1 is 1.17 bits per heavy atom. The SMILES string of the molecule is O=S(=O)(Cl)/C=C\c1ccccc1. The van der Waals surface area contributed by atoms with Gasteiger partial charge in [0.25, 0.3) is 9.05 Å². The second-order valence-electron chi connectivity index (χ2n) is 2.19. The Morgan fingerprint density at radius 3 is 2.25 bits per heavy atom. The van der Waals surface area contributed by atoms with Crippen molar-refractivity contribution in [3.63, 3.8) is 0 Å². The molecule has 2 nitrogen and oxygen atoms in total. The standard InChI is InChI=1S/C8H7ClO2S/c9-12(10,11)7-6-8-4-2-1-3-5-8/h1-7H/b7-6-. The molecular formula is C8H7ClO2S. The third-order valence-corrected chi connectivity index (χ3v) is 1.99. The second kappa shape index (κ2) is 3.74. The molecular weight excluding hydrogens is 196 g/mol. The van der Waals surface area contributed by atoms with Gasteiger partial charge in [-0.25, -0.2) is 8.42 Å². The summed E-state index contributed by atoms with van der Waals surface area (Å²) in [6, 6.07) is 9.07. The van der Waals surface area contributed by atoms with Gasteiger partial charge in [0.1, 0.15) is 0 Å². The molecule has 64 valence electrons. The summed E-state index contributed by atoms with van der Waals surface area (Å²) in [5.74, 6) is 0. The van der Waals surface area contributed by atoms with Crippen LogP contribution in [0.15, 0.2) is 35.7 Å². The molecule has 12 heavy (non-hydrogen) atoms. The van der Waals surface area contributed by atoms with E-state index >= 15 is 0 Å². The van der Waals surface area contributed by atoms with E-state index in [0.717, 1.165) is 11.0 Å². The molecule has 0 N–H and O–H groups in total. The Kier molecular flexibility index (Phi) is 2.89. The van der Waals surface area contributed by atoms with Gasteiger partial charge >= 0.3 is 0 Å². The van der Waals surface area contributed by atoms with Crippen molar-refractivity contribution in [3.05, 3.63) is 41.3 Å². The van der Waals surface area contributed by atoms with Gasteiger partial charge in [-0.1, -0.05) is 30.3 Å². The monoisotopic (exact) mass is 202 g/mol. The molecule has 0 aliphatic carbocycles. The summed E-state index contributed by atoms with van der Waals surface area (Å²) < 4.78 is 21.0. The van der Waals surface area contributed by atoms with Crippen LogP contribution < -0.4 is 0 Å². The lowest BCUT2D eigenvalue weighted by atomic mass is 10.2. The van der Waals surface area contributed by atoms with Gasteiger partial charge in [0.15, 0.2) is 0 Å². The molecule has 4 heteroatoms. The lowest BCUT2D eigenvalue weighted by Crippen LogP contribution is -1.78. The van der Waals surface area contributed by atoms with E-state index in [1.54, 1.807) is 12.1 Å². The van der Waals surface area contributed by atoms with Crippen LogP contribution in [0.25, 0.3) is 6.08 Å². The quantitative estimate of drug-likeness (QED) is 0.690. The van der Waals surface area contributed by atoms with Crippen LogP contribution in [-0.2, 0) is 9.05 Å². The normalized spacial score (nSPS) is 12.1. The van der Waals surface area contributed by atoms with Gasteiger partial charge in [0.05, 0.1) is 0 Å². The predicted octanol–water partition coefficient (Wildman–Crippen LogP) is 2.23. The maximum absolute atomic E-state index is 10.5. The van der Waals surface area contributed by atoms with E-state index in [9.17, 15) is 8.42 Å². The molecule has 0 aliphatic heterocycles. The zero-order chi connectivity index (χ0) is 9.03. The minimum Gasteiger partial charge on any atom is -0.208 e. The molecule has 0 heterocycles. The first kappa shape index (κ1) is 9.29. The maximum Gasteiger partial charge on any atom is 0.254 e. The van der Waals surface area contributed by atoms with Crippen LogP contribution in [0, 0.1) is 0 Å². The molecule has 0 fully saturated rings. The first-order valence-corrected chi connectivity index (χ1v) is 5.63. The van der Waals surface area contributed by atoms with Crippen molar-refractivity contribution in [1.82, 2.24) is 0 Å². The molecule has 0 unspecified atom stereocenters. The first-order chi connectivity index (χ1) is 5.58. The topological polar surface area (TPSA) is 34.1 Å². The molecule has 0 radical (unpaired) electrons. The summed E-state index contributed by atoms with van der Waals surface area (Å²) in [6.07, 6.45) is 1.45. The van der Waals surface area contributed by atoms with Crippen LogP contribution in [0.1, 0.15) is 5.56 Å². The highest BCUT2D eigenvalue weighted by Gasteiger charge is 1.95. The van der Waals surface area contributed by atoms with Crippen LogP contribution in [0.4, 0.5) is 0 Å². The summed E-state index contributed by atoms with van der Waals surface area (Å²) in [5, 5.41) is 0.962. The molecule has 0 aromatic heterocycles. The number of halogens is 1. The van der Waals surface area contributed by atoms with Crippen molar-refractivity contribution >= 4 is 25.8 Å². The number of benzene rings is 1. The Hall–Kier alpha value is -0.800. The average Bonchev–Trinajstić information content (AvgIpc) is 2.02. The summed E-state index contributed by atoms with van der Waals surface area (Å²) in [7, 11) is 1.44. The zero-order valence-corrected chi connectivity index (χ0v) is 7.72. The summed E-state index contributed by atoms with van der Waals surface area (Å²) in [6.45, 7) is 0. The third kappa shape index (κ3) is 3.55. The smallest absolute Gasteiger partial charge is 0.208 e. The summed E-state index contributed by atoms with van der Waals surface area (Å²) >= 11 is 0. The van der Waals surface area contributed by atoms with Crippen LogP contribution in [0.5, 0.6) is 0 Å². The fourth-order valence-electron chi connectivity index (χ4n) is 0.724. The van der Waals surface area contributed by atoms with Crippen molar-refractivity contribution in [2.75, 3.05) is 0 Å². The minimum atomic E-state index is -3.53. The van der Waals surface area contributed by atoms with Gasteiger partial charge < -0.3 is 0 Å². The maximum atomic E-state index is 10.5. The Balaban J connectivity index is 2.85. The molecule has 1 aromatic carbocycles. The second-order valence-corrected chi connectivity index (χ2v) is 4.70. The van der Waals surface area contributed by atoms with Gasteiger partial charge in [-0.05, 0) is 11.6 Å². The highest BCUT2D eigenvalue weighted by Crippen LogP contribution is 2.05. The van der Waals surface area contributed by atoms with Crippen molar-refractivity contribution in [3.8, 4) is 0 Å². The molecule has 0 saturated carbocycles. The third-order valence-electron chi connectivity index (χ3n) is 1.22. The van der Waals surface area contributed by atoms with E-state index in [0.29, 0.717) is 0 Å². The Bertz CT molecular complexity index is 367. The predicted molar refractivity (Wildman–Crippen MR) is 50.2 cm³/mol. The van der Waals surface area contributed by atoms with Gasteiger partial charge in [-0.15, -0.1) is 0 Å². The number of hydrogen-bond donors (Lipinski definition) is 0. The van der Waals surface area contributed by atoms with Crippen molar-refractivity contribution in [2.45, 2.75) is 0 Å². The molecule has 0 bridgehead atoms. The molecule has 0 amide bonds. The van der Waals surface area contributed by atoms with Crippen molar-refractivity contribution in [2.24, 2.45) is 0 Å². The van der Waals surface area contributed by atoms with Crippen LogP contribution in [0.2, 0.25) is 0 Å². The molecule has 1 rings (SSSR count). The summed E-state index contributed by atoms with van der Waals surface area (Å²) in [5.41, 5.74) is 0.807. The lowest BCUT2D eigenvalue weighted by molar-refractivity contribution is 0.617. The van der Waals surface area contributed by atoms with Gasteiger partial charge in [0, 0.05) is 16.1 Å². The first-order valence-electron chi connectivity index (χ1n) is 3.26. The molecule has 0 saturated heterocycles. The van der Waals surface area contributed by atoms with E-state index < -0.39 is 9.05 Å². The number of hydrogen-bond acceptors (Lipinski definition) is 2. The van der Waals surface area contributed by atoms with Gasteiger partial charge in [0.2, 0.25) is 0 Å².